The van der Waals surface area contributed by atoms with Gasteiger partial charge in [0.15, 0.2) is 0 Å². The van der Waals surface area contributed by atoms with Gasteiger partial charge in [0.2, 0.25) is 15.9 Å². The van der Waals surface area contributed by atoms with E-state index >= 15 is 0 Å². The molecule has 0 saturated carbocycles. The van der Waals surface area contributed by atoms with Crippen LogP contribution in [0.1, 0.15) is 5.56 Å². The van der Waals surface area contributed by atoms with E-state index in [2.05, 4.69) is 5.32 Å². The van der Waals surface area contributed by atoms with Gasteiger partial charge >= 0.3 is 0 Å². The molecule has 0 aromatic heterocycles. The fourth-order valence-electron chi connectivity index (χ4n) is 2.70. The molecule has 1 aliphatic rings. The molecule has 2 aromatic rings. The number of rotatable bonds is 5. The first-order valence-corrected chi connectivity index (χ1v) is 9.72. The van der Waals surface area contributed by atoms with E-state index in [1.165, 1.54) is 30.3 Å². The SMILES string of the molecule is O=C(Cc1ccc(F)cc1)Nc1ccc(F)c(S(=O)(=O)N2CCOCC2)c1. The Balaban J connectivity index is 1.76. The topological polar surface area (TPSA) is 75.7 Å². The Labute approximate surface area is 155 Å². The number of nitrogens with zero attached hydrogens (tertiary/aromatic N) is 1. The molecule has 144 valence electrons. The number of carbonyl (C=O) groups is 1. The zero-order valence-corrected chi connectivity index (χ0v) is 15.1. The smallest absolute Gasteiger partial charge is 0.246 e. The normalized spacial score (nSPS) is 15.5. The summed E-state index contributed by atoms with van der Waals surface area (Å²) < 4.78 is 58.6. The minimum absolute atomic E-state index is 0.0246. The number of halogens is 2. The quantitative estimate of drug-likeness (QED) is 0.841. The summed E-state index contributed by atoms with van der Waals surface area (Å²) in [5, 5.41) is 2.54. The lowest BCUT2D eigenvalue weighted by Crippen LogP contribution is -2.40. The number of nitrogens with one attached hydrogen (secondary N) is 1. The van der Waals surface area contributed by atoms with E-state index in [1.54, 1.807) is 0 Å². The number of amides is 1. The predicted octanol–water partition coefficient (Wildman–Crippen LogP) is 2.17. The van der Waals surface area contributed by atoms with E-state index in [4.69, 9.17) is 4.74 Å². The van der Waals surface area contributed by atoms with E-state index in [0.717, 1.165) is 16.4 Å². The average Bonchev–Trinajstić information content (AvgIpc) is 2.66. The van der Waals surface area contributed by atoms with Crippen molar-refractivity contribution in [1.82, 2.24) is 4.31 Å². The molecule has 9 heteroatoms. The zero-order chi connectivity index (χ0) is 19.4. The highest BCUT2D eigenvalue weighted by Gasteiger charge is 2.29. The Morgan fingerprint density at radius 1 is 1.07 bits per heavy atom. The van der Waals surface area contributed by atoms with E-state index in [9.17, 15) is 22.0 Å². The highest BCUT2D eigenvalue weighted by molar-refractivity contribution is 7.89. The van der Waals surface area contributed by atoms with Crippen molar-refractivity contribution >= 4 is 21.6 Å². The summed E-state index contributed by atoms with van der Waals surface area (Å²) in [6.45, 7) is 0.774. The van der Waals surface area contributed by atoms with Gasteiger partial charge in [-0.1, -0.05) is 12.1 Å². The second-order valence-corrected chi connectivity index (χ2v) is 7.92. The number of carbonyl (C=O) groups excluding carboxylic acids is 1. The van der Waals surface area contributed by atoms with E-state index in [0.29, 0.717) is 5.56 Å². The van der Waals surface area contributed by atoms with Gasteiger partial charge in [-0.25, -0.2) is 17.2 Å². The summed E-state index contributed by atoms with van der Waals surface area (Å²) in [7, 11) is -4.03. The lowest BCUT2D eigenvalue weighted by Gasteiger charge is -2.26. The number of benzene rings is 2. The van der Waals surface area contributed by atoms with Crippen LogP contribution < -0.4 is 5.32 Å². The molecule has 2 aromatic carbocycles. The molecule has 1 heterocycles. The summed E-state index contributed by atoms with van der Waals surface area (Å²) >= 11 is 0. The first kappa shape index (κ1) is 19.4. The first-order valence-electron chi connectivity index (χ1n) is 8.28. The first-order chi connectivity index (χ1) is 12.9. The molecule has 1 fully saturated rings. The lowest BCUT2D eigenvalue weighted by atomic mass is 10.1. The number of sulfonamides is 1. The minimum atomic E-state index is -4.03. The minimum Gasteiger partial charge on any atom is -0.379 e. The molecule has 0 atom stereocenters. The number of anilines is 1. The maximum atomic E-state index is 14.2. The largest absolute Gasteiger partial charge is 0.379 e. The van der Waals surface area contributed by atoms with Gasteiger partial charge in [0.25, 0.3) is 0 Å². The molecule has 0 aliphatic carbocycles. The fourth-order valence-corrected chi connectivity index (χ4v) is 4.20. The van der Waals surface area contributed by atoms with Crippen molar-refractivity contribution in [1.29, 1.82) is 0 Å². The molecule has 1 aliphatic heterocycles. The maximum absolute atomic E-state index is 14.2. The van der Waals surface area contributed by atoms with Crippen LogP contribution in [0.2, 0.25) is 0 Å². The Bertz CT molecular complexity index is 927. The second kappa shape index (κ2) is 8.12. The van der Waals surface area contributed by atoms with Gasteiger partial charge in [0.05, 0.1) is 19.6 Å². The van der Waals surface area contributed by atoms with Crippen LogP contribution in [-0.2, 0) is 26.0 Å². The zero-order valence-electron chi connectivity index (χ0n) is 14.3. The predicted molar refractivity (Wildman–Crippen MR) is 94.7 cm³/mol. The third-order valence-corrected chi connectivity index (χ3v) is 5.99. The third-order valence-electron chi connectivity index (χ3n) is 4.08. The molecule has 3 rings (SSSR count). The fraction of sp³-hybridized carbons (Fsp3) is 0.278. The van der Waals surface area contributed by atoms with Gasteiger partial charge in [-0.05, 0) is 35.9 Å². The summed E-state index contributed by atoms with van der Waals surface area (Å²) in [5.74, 6) is -1.73. The van der Waals surface area contributed by atoms with Crippen LogP contribution in [0.4, 0.5) is 14.5 Å². The van der Waals surface area contributed by atoms with Gasteiger partial charge in [-0.15, -0.1) is 0 Å². The molecule has 27 heavy (non-hydrogen) atoms. The van der Waals surface area contributed by atoms with Crippen LogP contribution in [-0.4, -0.2) is 44.9 Å². The molecule has 6 nitrogen and oxygen atoms in total. The van der Waals surface area contributed by atoms with Gasteiger partial charge in [0, 0.05) is 18.8 Å². The van der Waals surface area contributed by atoms with Crippen molar-refractivity contribution in [3.8, 4) is 0 Å². The van der Waals surface area contributed by atoms with Crippen LogP contribution in [0, 0.1) is 11.6 Å². The van der Waals surface area contributed by atoms with Gasteiger partial charge in [-0.2, -0.15) is 4.31 Å². The van der Waals surface area contributed by atoms with Crippen LogP contribution >= 0.6 is 0 Å². The molecule has 1 saturated heterocycles. The van der Waals surface area contributed by atoms with Gasteiger partial charge in [0.1, 0.15) is 16.5 Å². The van der Waals surface area contributed by atoms with E-state index in [1.807, 2.05) is 0 Å². The average molecular weight is 396 g/mol. The van der Waals surface area contributed by atoms with Gasteiger partial charge < -0.3 is 10.1 Å². The number of hydrogen-bond donors (Lipinski definition) is 1. The Kier molecular flexibility index (Phi) is 5.83. The number of hydrogen-bond acceptors (Lipinski definition) is 4. The van der Waals surface area contributed by atoms with E-state index in [-0.39, 0.29) is 38.4 Å². The number of morpholine rings is 1. The van der Waals surface area contributed by atoms with Crippen molar-refractivity contribution in [3.63, 3.8) is 0 Å². The van der Waals surface area contributed by atoms with Crippen molar-refractivity contribution in [2.75, 3.05) is 31.6 Å². The van der Waals surface area contributed by atoms with Crippen molar-refractivity contribution in [3.05, 3.63) is 59.7 Å². The Morgan fingerprint density at radius 2 is 1.74 bits per heavy atom. The Hall–Kier alpha value is -2.36. The van der Waals surface area contributed by atoms with E-state index < -0.39 is 32.5 Å². The molecular formula is C18H18F2N2O4S. The molecular weight excluding hydrogens is 378 g/mol. The molecule has 1 N–H and O–H groups in total. The third kappa shape index (κ3) is 4.68. The molecule has 0 bridgehead atoms. The van der Waals surface area contributed by atoms with Crippen molar-refractivity contribution < 1.29 is 26.7 Å². The van der Waals surface area contributed by atoms with Crippen LogP contribution in [0.25, 0.3) is 0 Å². The van der Waals surface area contributed by atoms with Crippen LogP contribution in [0.15, 0.2) is 47.4 Å². The molecule has 1 amide bonds. The highest BCUT2D eigenvalue weighted by atomic mass is 32.2. The monoisotopic (exact) mass is 396 g/mol. The lowest BCUT2D eigenvalue weighted by molar-refractivity contribution is -0.115. The summed E-state index contributed by atoms with van der Waals surface area (Å²) in [6.07, 6.45) is -0.0246. The molecule has 0 unspecified atom stereocenters. The Morgan fingerprint density at radius 3 is 2.41 bits per heavy atom. The van der Waals surface area contributed by atoms with Crippen molar-refractivity contribution in [2.45, 2.75) is 11.3 Å². The van der Waals surface area contributed by atoms with Crippen molar-refractivity contribution in [2.24, 2.45) is 0 Å². The van der Waals surface area contributed by atoms with Gasteiger partial charge in [-0.3, -0.25) is 4.79 Å². The highest BCUT2D eigenvalue weighted by Crippen LogP contribution is 2.24. The number of ether oxygens (including phenoxy) is 1. The summed E-state index contributed by atoms with van der Waals surface area (Å²) in [6, 6.07) is 8.84. The summed E-state index contributed by atoms with van der Waals surface area (Å²) in [5.41, 5.74) is 0.757. The van der Waals surface area contributed by atoms with Crippen LogP contribution in [0.5, 0.6) is 0 Å². The van der Waals surface area contributed by atoms with Crippen LogP contribution in [0.3, 0.4) is 0 Å². The maximum Gasteiger partial charge on any atom is 0.246 e. The molecule has 0 spiro atoms. The standard InChI is InChI=1S/C18H18F2N2O4S/c19-14-3-1-13(2-4-14)11-18(23)21-15-5-6-16(20)17(12-15)27(24,25)22-7-9-26-10-8-22/h1-6,12H,7-11H2,(H,21,23). The second-order valence-electron chi connectivity index (χ2n) is 6.01. The summed E-state index contributed by atoms with van der Waals surface area (Å²) in [4.78, 5) is 11.6. The molecule has 0 radical (unpaired) electrons.